The lowest BCUT2D eigenvalue weighted by Crippen LogP contribution is -2.32. The van der Waals surface area contributed by atoms with Gasteiger partial charge in [0.1, 0.15) is 17.3 Å². The highest BCUT2D eigenvalue weighted by Gasteiger charge is 2.25. The average molecular weight is 552 g/mol. The van der Waals surface area contributed by atoms with Gasteiger partial charge in [0.05, 0.1) is 24.2 Å². The Morgan fingerprint density at radius 1 is 0.929 bits per heavy atom. The van der Waals surface area contributed by atoms with Crippen molar-refractivity contribution in [3.05, 3.63) is 138 Å². The third-order valence-corrected chi connectivity index (χ3v) is 7.75. The molecule has 0 saturated carbocycles. The summed E-state index contributed by atoms with van der Waals surface area (Å²) in [5.41, 5.74) is 5.42. The third kappa shape index (κ3) is 4.86. The number of para-hydroxylation sites is 1. The maximum atomic E-state index is 13.5. The predicted octanol–water partition coefficient (Wildman–Crippen LogP) is 6.84. The Hall–Kier alpha value is -5.43. The zero-order chi connectivity index (χ0) is 28.5. The van der Waals surface area contributed by atoms with Crippen molar-refractivity contribution in [3.63, 3.8) is 0 Å². The molecule has 0 aliphatic heterocycles. The van der Waals surface area contributed by atoms with Crippen LogP contribution in [0, 0.1) is 0 Å². The van der Waals surface area contributed by atoms with E-state index in [9.17, 15) is 4.79 Å². The molecule has 7 nitrogen and oxygen atoms in total. The van der Waals surface area contributed by atoms with Gasteiger partial charge in [-0.1, -0.05) is 60.7 Å². The number of pyridine rings is 1. The molecule has 3 heterocycles. The second-order valence-electron chi connectivity index (χ2n) is 10.4. The van der Waals surface area contributed by atoms with Gasteiger partial charge in [-0.3, -0.25) is 9.78 Å². The first-order valence-electron chi connectivity index (χ1n) is 13.9. The summed E-state index contributed by atoms with van der Waals surface area (Å²) in [7, 11) is 1.67. The first kappa shape index (κ1) is 25.5. The van der Waals surface area contributed by atoms with Gasteiger partial charge in [0, 0.05) is 42.3 Å². The van der Waals surface area contributed by atoms with Crippen LogP contribution in [0.2, 0.25) is 0 Å². The zero-order valence-electron chi connectivity index (χ0n) is 23.1. The first-order valence-corrected chi connectivity index (χ1v) is 13.9. The smallest absolute Gasteiger partial charge is 0.270 e. The lowest BCUT2D eigenvalue weighted by atomic mass is 10.0. The number of fused-ring (bicyclic) bond motifs is 3. The lowest BCUT2D eigenvalue weighted by molar-refractivity contribution is 0.0929. The summed E-state index contributed by atoms with van der Waals surface area (Å²) in [6, 6.07) is 33.9. The number of carbonyl (C=O) groups is 1. The van der Waals surface area contributed by atoms with E-state index in [1.807, 2.05) is 42.6 Å². The fraction of sp³-hybridized carbons (Fsp3) is 0.114. The van der Waals surface area contributed by atoms with Crippen LogP contribution in [0.4, 0.5) is 0 Å². The van der Waals surface area contributed by atoms with Gasteiger partial charge in [0.15, 0.2) is 0 Å². The predicted molar refractivity (Wildman–Crippen MR) is 166 cm³/mol. The van der Waals surface area contributed by atoms with E-state index >= 15 is 0 Å². The minimum atomic E-state index is -0.433. The second kappa shape index (κ2) is 10.9. The van der Waals surface area contributed by atoms with Crippen LogP contribution in [-0.4, -0.2) is 32.5 Å². The van der Waals surface area contributed by atoms with Crippen molar-refractivity contribution in [2.45, 2.75) is 19.0 Å². The summed E-state index contributed by atoms with van der Waals surface area (Å²) >= 11 is 0. The Morgan fingerprint density at radius 2 is 1.76 bits per heavy atom. The topological polar surface area (TPSA) is 84.8 Å². The van der Waals surface area contributed by atoms with E-state index in [2.05, 4.69) is 74.4 Å². The highest BCUT2D eigenvalue weighted by atomic mass is 16.5. The average Bonchev–Trinajstić information content (AvgIpc) is 3.61. The Bertz CT molecular complexity index is 2040. The molecular formula is C35H29N5O2. The van der Waals surface area contributed by atoms with Crippen LogP contribution in [0.25, 0.3) is 32.7 Å². The van der Waals surface area contributed by atoms with Crippen LogP contribution >= 0.6 is 0 Å². The van der Waals surface area contributed by atoms with E-state index in [-0.39, 0.29) is 5.91 Å². The molecular weight excluding hydrogens is 522 g/mol. The number of rotatable bonds is 8. The van der Waals surface area contributed by atoms with Crippen LogP contribution in [0.15, 0.2) is 116 Å². The lowest BCUT2D eigenvalue weighted by Gasteiger charge is -2.20. The van der Waals surface area contributed by atoms with Crippen molar-refractivity contribution < 1.29 is 9.53 Å². The van der Waals surface area contributed by atoms with Gasteiger partial charge in [0.2, 0.25) is 0 Å². The minimum Gasteiger partial charge on any atom is -0.497 e. The van der Waals surface area contributed by atoms with Crippen molar-refractivity contribution >= 4 is 38.6 Å². The molecule has 7 aromatic rings. The molecule has 0 aliphatic rings. The number of imidazole rings is 1. The molecule has 1 amide bonds. The number of aromatic amines is 1. The Labute approximate surface area is 242 Å². The Morgan fingerprint density at radius 3 is 2.62 bits per heavy atom. The number of amides is 1. The molecule has 42 heavy (non-hydrogen) atoms. The molecule has 7 heteroatoms. The third-order valence-electron chi connectivity index (χ3n) is 7.75. The van der Waals surface area contributed by atoms with Crippen LogP contribution < -0.4 is 10.1 Å². The summed E-state index contributed by atoms with van der Waals surface area (Å²) in [6.07, 6.45) is 4.19. The van der Waals surface area contributed by atoms with Crippen molar-refractivity contribution in [2.24, 2.45) is 0 Å². The summed E-state index contributed by atoms with van der Waals surface area (Å²) in [5.74, 6) is 1.27. The molecule has 0 saturated heterocycles. The van der Waals surface area contributed by atoms with Gasteiger partial charge in [-0.25, -0.2) is 4.98 Å². The quantitative estimate of drug-likeness (QED) is 0.217. The SMILES string of the molecule is COc1ccc2nc(C(Cc3c[nH]c4ccccc34)NC(=O)c3ccccn3)n(Cc3ccc4ccccc4c3)c2c1. The molecule has 0 bridgehead atoms. The fourth-order valence-electron chi connectivity index (χ4n) is 5.66. The number of benzene rings is 4. The van der Waals surface area contributed by atoms with Crippen molar-refractivity contribution in [1.29, 1.82) is 0 Å². The second-order valence-corrected chi connectivity index (χ2v) is 10.4. The summed E-state index contributed by atoms with van der Waals surface area (Å²) in [4.78, 5) is 26.3. The first-order chi connectivity index (χ1) is 20.7. The molecule has 1 unspecified atom stereocenters. The molecule has 0 radical (unpaired) electrons. The number of hydrogen-bond donors (Lipinski definition) is 2. The molecule has 3 aromatic heterocycles. The number of methoxy groups -OCH3 is 1. The number of hydrogen-bond acceptors (Lipinski definition) is 4. The van der Waals surface area contributed by atoms with Gasteiger partial charge in [-0.2, -0.15) is 0 Å². The molecule has 1 atom stereocenters. The largest absolute Gasteiger partial charge is 0.497 e. The number of aromatic nitrogens is 4. The maximum Gasteiger partial charge on any atom is 0.270 e. The summed E-state index contributed by atoms with van der Waals surface area (Å²) in [6.45, 7) is 0.577. The number of nitrogens with one attached hydrogen (secondary N) is 2. The molecule has 0 spiro atoms. The van der Waals surface area contributed by atoms with E-state index in [0.29, 0.717) is 18.7 Å². The van der Waals surface area contributed by atoms with Crippen molar-refractivity contribution in [3.8, 4) is 5.75 Å². The molecule has 206 valence electrons. The molecule has 0 aliphatic carbocycles. The van der Waals surface area contributed by atoms with Gasteiger partial charge < -0.3 is 19.6 Å². The van der Waals surface area contributed by atoms with Crippen LogP contribution in [0.1, 0.15) is 33.5 Å². The fourth-order valence-corrected chi connectivity index (χ4v) is 5.66. The number of carbonyl (C=O) groups excluding carboxylic acids is 1. The van der Waals surface area contributed by atoms with Crippen LogP contribution in [0.5, 0.6) is 5.75 Å². The van der Waals surface area contributed by atoms with Gasteiger partial charge in [0.25, 0.3) is 5.91 Å². The monoisotopic (exact) mass is 551 g/mol. The minimum absolute atomic E-state index is 0.248. The van der Waals surface area contributed by atoms with E-state index in [4.69, 9.17) is 9.72 Å². The van der Waals surface area contributed by atoms with E-state index in [1.54, 1.807) is 25.4 Å². The molecule has 7 rings (SSSR count). The zero-order valence-corrected chi connectivity index (χ0v) is 23.1. The van der Waals surface area contributed by atoms with E-state index in [1.165, 1.54) is 10.8 Å². The van der Waals surface area contributed by atoms with Gasteiger partial charge in [-0.05, 0) is 58.3 Å². The number of ether oxygens (including phenoxy) is 1. The summed E-state index contributed by atoms with van der Waals surface area (Å²) < 4.78 is 7.78. The molecule has 0 fully saturated rings. The number of nitrogens with zero attached hydrogens (tertiary/aromatic N) is 3. The van der Waals surface area contributed by atoms with E-state index < -0.39 is 6.04 Å². The highest BCUT2D eigenvalue weighted by Crippen LogP contribution is 2.30. The van der Waals surface area contributed by atoms with Crippen LogP contribution in [0.3, 0.4) is 0 Å². The maximum absolute atomic E-state index is 13.5. The van der Waals surface area contributed by atoms with E-state index in [0.717, 1.165) is 44.6 Å². The standard InChI is InChI=1S/C35H29N5O2/c1-42-27-15-16-30-33(20-27)40(22-23-13-14-24-8-2-3-9-25(24)18-23)34(38-30)32(39-35(41)31-12-6-7-17-36-31)19-26-21-37-29-11-5-4-10-28(26)29/h2-18,20-21,32,37H,19,22H2,1H3,(H,39,41). The Kier molecular flexibility index (Phi) is 6.60. The van der Waals surface area contributed by atoms with Crippen molar-refractivity contribution in [2.75, 3.05) is 7.11 Å². The molecule has 4 aromatic carbocycles. The Balaban J connectivity index is 1.36. The van der Waals surface area contributed by atoms with Crippen LogP contribution in [-0.2, 0) is 13.0 Å². The number of H-pyrrole nitrogens is 1. The highest BCUT2D eigenvalue weighted by molar-refractivity contribution is 5.92. The van der Waals surface area contributed by atoms with Crippen molar-refractivity contribution in [1.82, 2.24) is 24.8 Å². The normalized spacial score (nSPS) is 12.1. The van der Waals surface area contributed by atoms with Gasteiger partial charge in [-0.15, -0.1) is 0 Å². The van der Waals surface area contributed by atoms with Gasteiger partial charge >= 0.3 is 0 Å². The summed E-state index contributed by atoms with van der Waals surface area (Å²) in [5, 5.41) is 6.76. The molecule has 2 N–H and O–H groups in total.